The van der Waals surface area contributed by atoms with Crippen molar-refractivity contribution >= 4 is 5.78 Å². The van der Waals surface area contributed by atoms with Crippen molar-refractivity contribution in [2.45, 2.75) is 65.7 Å². The molecule has 2 rings (SSSR count). The smallest absolute Gasteiger partial charge is 0.155 e. The molecule has 1 heterocycles. The summed E-state index contributed by atoms with van der Waals surface area (Å²) in [5.74, 6) is -0.0625. The van der Waals surface area contributed by atoms with Crippen LogP contribution in [0.25, 0.3) is 11.3 Å². The zero-order chi connectivity index (χ0) is 19.9. The predicted molar refractivity (Wildman–Crippen MR) is 113 cm³/mol. The van der Waals surface area contributed by atoms with Gasteiger partial charge in [-0.05, 0) is 25.6 Å². The van der Waals surface area contributed by atoms with Crippen molar-refractivity contribution in [1.82, 2.24) is 4.98 Å². The van der Waals surface area contributed by atoms with Crippen LogP contribution in [0.1, 0.15) is 64.9 Å². The summed E-state index contributed by atoms with van der Waals surface area (Å²) >= 11 is 0. The summed E-state index contributed by atoms with van der Waals surface area (Å²) in [5, 5.41) is 8.36. The Hall–Kier alpha value is -1.77. The Morgan fingerprint density at radius 2 is 1.79 bits per heavy atom. The van der Waals surface area contributed by atoms with Gasteiger partial charge in [-0.2, -0.15) is 0 Å². The quantitative estimate of drug-likeness (QED) is 0.166. The first-order chi connectivity index (χ1) is 13.0. The first-order valence-electron chi connectivity index (χ1n) is 9.82. The number of hydrogen-bond donors (Lipinski definition) is 1. The number of rotatable bonds is 9. The summed E-state index contributed by atoms with van der Waals surface area (Å²) in [6, 6.07) is 15.8. The Morgan fingerprint density at radius 1 is 1.07 bits per heavy atom. The number of hydrogen-bond acceptors (Lipinski definition) is 3. The van der Waals surface area contributed by atoms with E-state index in [1.165, 1.54) is 70.4 Å². The molecule has 1 radical (unpaired) electrons. The second-order valence-corrected chi connectivity index (χ2v) is 6.74. The Kier molecular flexibility index (Phi) is 15.2. The first-order valence-corrected chi connectivity index (χ1v) is 9.82. The molecule has 1 aromatic heterocycles. The van der Waals surface area contributed by atoms with Crippen LogP contribution in [0, 0.1) is 6.07 Å². The van der Waals surface area contributed by atoms with E-state index in [4.69, 9.17) is 5.11 Å². The number of unbranched alkanes of at least 4 members (excludes halogenated alkanes) is 5. The van der Waals surface area contributed by atoms with Gasteiger partial charge in [0.1, 0.15) is 0 Å². The molecule has 3 nitrogen and oxygen atoms in total. The Labute approximate surface area is 183 Å². The molecule has 1 aromatic carbocycles. The molecule has 155 valence electrons. The maximum absolute atomic E-state index is 10.0. The summed E-state index contributed by atoms with van der Waals surface area (Å²) in [6.45, 7) is 5.11. The van der Waals surface area contributed by atoms with Crippen LogP contribution in [0.3, 0.4) is 0 Å². The summed E-state index contributed by atoms with van der Waals surface area (Å²) in [6.07, 6.45) is 12.3. The fourth-order valence-corrected chi connectivity index (χ4v) is 2.70. The molecule has 0 atom stereocenters. The van der Waals surface area contributed by atoms with E-state index in [-0.39, 0.29) is 31.6 Å². The Morgan fingerprint density at radius 3 is 2.29 bits per heavy atom. The summed E-state index contributed by atoms with van der Waals surface area (Å²) in [4.78, 5) is 14.4. The molecular formula is C24H32IrNO2-. The maximum atomic E-state index is 10.0. The van der Waals surface area contributed by atoms with E-state index in [0.29, 0.717) is 0 Å². The summed E-state index contributed by atoms with van der Waals surface area (Å²) < 4.78 is 0. The third-order valence-corrected chi connectivity index (χ3v) is 4.05. The fourth-order valence-electron chi connectivity index (χ4n) is 2.70. The number of aryl methyl sites for hydroxylation is 1. The van der Waals surface area contributed by atoms with Gasteiger partial charge in [0.25, 0.3) is 0 Å². The minimum absolute atomic E-state index is 0. The Balaban J connectivity index is 0.000000786. The molecule has 2 aromatic rings. The normalized spacial score (nSPS) is 10.5. The van der Waals surface area contributed by atoms with Gasteiger partial charge < -0.3 is 10.1 Å². The van der Waals surface area contributed by atoms with Gasteiger partial charge in [-0.3, -0.25) is 4.79 Å². The van der Waals surface area contributed by atoms with Crippen LogP contribution in [-0.4, -0.2) is 15.9 Å². The topological polar surface area (TPSA) is 50.2 Å². The van der Waals surface area contributed by atoms with Crippen molar-refractivity contribution in [1.29, 1.82) is 0 Å². The number of nitrogens with zero attached hydrogens (tertiary/aromatic N) is 1. The van der Waals surface area contributed by atoms with Crippen LogP contribution >= 0.6 is 0 Å². The zero-order valence-corrected chi connectivity index (χ0v) is 19.6. The molecule has 0 aliphatic carbocycles. The minimum Gasteiger partial charge on any atom is -0.512 e. The number of carbonyl (C=O) groups is 1. The molecule has 0 fully saturated rings. The second kappa shape index (κ2) is 16.2. The molecule has 0 spiro atoms. The zero-order valence-electron chi connectivity index (χ0n) is 17.2. The molecule has 1 N–H and O–H groups in total. The van der Waals surface area contributed by atoms with Gasteiger partial charge in [-0.1, -0.05) is 64.0 Å². The SMILES string of the molecule is CC(=O)/C=C(/C)O.CCCCCCCCc1c[c-]c(-c2ccccn2)cc1.[Ir]. The van der Waals surface area contributed by atoms with Crippen LogP contribution in [0.2, 0.25) is 0 Å². The standard InChI is InChI=1S/C19H24N.C5H8O2.Ir/c1-2-3-4-5-6-7-10-17-12-14-18(15-13-17)19-11-8-9-16-20-19;1-4(6)3-5(2)7;/h8-9,11-14,16H,2-7,10H2,1H3;3,6H,1-2H3;/q-1;;/b;4-3-;. The number of benzene rings is 1. The largest absolute Gasteiger partial charge is 0.512 e. The molecule has 0 bridgehead atoms. The van der Waals surface area contributed by atoms with Crippen LogP contribution in [-0.2, 0) is 31.3 Å². The van der Waals surface area contributed by atoms with Gasteiger partial charge in [-0.25, -0.2) is 0 Å². The van der Waals surface area contributed by atoms with Crippen molar-refractivity contribution in [3.63, 3.8) is 0 Å². The van der Waals surface area contributed by atoms with Crippen LogP contribution in [0.4, 0.5) is 0 Å². The monoisotopic (exact) mass is 559 g/mol. The number of aliphatic hydroxyl groups excluding tert-OH is 1. The van der Waals surface area contributed by atoms with Crippen molar-refractivity contribution < 1.29 is 30.0 Å². The number of pyridine rings is 1. The molecule has 4 heteroatoms. The maximum Gasteiger partial charge on any atom is 0.155 e. The third kappa shape index (κ3) is 12.6. The van der Waals surface area contributed by atoms with Gasteiger partial charge in [0.2, 0.25) is 0 Å². The van der Waals surface area contributed by atoms with Crippen molar-refractivity contribution in [2.24, 2.45) is 0 Å². The van der Waals surface area contributed by atoms with Crippen molar-refractivity contribution in [2.75, 3.05) is 0 Å². The molecule has 0 saturated carbocycles. The summed E-state index contributed by atoms with van der Waals surface area (Å²) in [7, 11) is 0. The second-order valence-electron chi connectivity index (χ2n) is 6.74. The first kappa shape index (κ1) is 26.2. The number of aliphatic hydroxyl groups is 1. The Bertz CT molecular complexity index is 678. The van der Waals surface area contributed by atoms with Crippen molar-refractivity contribution in [3.05, 3.63) is 66.1 Å². The number of ketones is 1. The van der Waals surface area contributed by atoms with Crippen molar-refractivity contribution in [3.8, 4) is 11.3 Å². The van der Waals surface area contributed by atoms with Crippen LogP contribution in [0.5, 0.6) is 0 Å². The molecular weight excluding hydrogens is 526 g/mol. The van der Waals surface area contributed by atoms with E-state index in [0.717, 1.165) is 11.3 Å². The molecule has 0 aliphatic rings. The molecule has 28 heavy (non-hydrogen) atoms. The van der Waals surface area contributed by atoms with E-state index in [1.807, 2.05) is 24.4 Å². The molecule has 0 aliphatic heterocycles. The number of carbonyl (C=O) groups excluding carboxylic acids is 1. The third-order valence-electron chi connectivity index (χ3n) is 4.05. The summed E-state index contributed by atoms with van der Waals surface area (Å²) in [5.41, 5.74) is 3.47. The van der Waals surface area contributed by atoms with Crippen LogP contribution in [0.15, 0.2) is 54.4 Å². The van der Waals surface area contributed by atoms with Gasteiger partial charge in [0.05, 0.1) is 5.76 Å². The molecule has 0 amide bonds. The fraction of sp³-hybridized carbons (Fsp3) is 0.417. The molecule has 0 saturated heterocycles. The van der Waals surface area contributed by atoms with Gasteiger partial charge in [-0.15, -0.1) is 35.4 Å². The minimum atomic E-state index is -0.125. The van der Waals surface area contributed by atoms with Gasteiger partial charge >= 0.3 is 0 Å². The average Bonchev–Trinajstić information content (AvgIpc) is 2.65. The van der Waals surface area contributed by atoms with E-state index in [9.17, 15) is 4.79 Å². The average molecular weight is 559 g/mol. The van der Waals surface area contributed by atoms with E-state index >= 15 is 0 Å². The molecule has 0 unspecified atom stereocenters. The predicted octanol–water partition coefficient (Wildman–Crippen LogP) is 6.49. The number of aromatic nitrogens is 1. The van der Waals surface area contributed by atoms with E-state index < -0.39 is 0 Å². The van der Waals surface area contributed by atoms with Gasteiger partial charge in [0.15, 0.2) is 5.78 Å². The van der Waals surface area contributed by atoms with E-state index in [2.05, 4.69) is 36.2 Å². The van der Waals surface area contributed by atoms with Crippen LogP contribution < -0.4 is 0 Å². The van der Waals surface area contributed by atoms with Gasteiger partial charge in [0, 0.05) is 32.4 Å². The number of allylic oxidation sites excluding steroid dienone is 2. The van der Waals surface area contributed by atoms with E-state index in [1.54, 1.807) is 0 Å².